The standard InChI is InChI=1S/C18H16O6/c1-24-18(23)12-4-2-11(3-5-12)17(22)14-6-8-15(19)13(10-14)7-9-16(20)21/h2-6,8,10,19H,7,9H2,1H3,(H,20,21). The Balaban J connectivity index is 2.24. The summed E-state index contributed by atoms with van der Waals surface area (Å²) < 4.78 is 4.60. The molecule has 0 aliphatic rings. The van der Waals surface area contributed by atoms with Crippen molar-refractivity contribution in [2.75, 3.05) is 7.11 Å². The first-order valence-corrected chi connectivity index (χ1v) is 7.19. The summed E-state index contributed by atoms with van der Waals surface area (Å²) in [5, 5.41) is 18.5. The predicted octanol–water partition coefficient (Wildman–Crippen LogP) is 2.43. The molecule has 0 spiro atoms. The average molecular weight is 328 g/mol. The number of hydrogen-bond acceptors (Lipinski definition) is 5. The van der Waals surface area contributed by atoms with Crippen LogP contribution in [0.25, 0.3) is 0 Å². The number of ketones is 1. The molecule has 0 saturated carbocycles. The number of ether oxygens (including phenoxy) is 1. The highest BCUT2D eigenvalue weighted by molar-refractivity contribution is 6.09. The first kappa shape index (κ1) is 17.2. The van der Waals surface area contributed by atoms with Crippen LogP contribution in [0, 0.1) is 0 Å². The number of carboxylic acid groups (broad SMARTS) is 1. The van der Waals surface area contributed by atoms with Crippen LogP contribution in [0.5, 0.6) is 5.75 Å². The van der Waals surface area contributed by atoms with E-state index in [0.29, 0.717) is 22.3 Å². The molecule has 6 nitrogen and oxygen atoms in total. The molecule has 2 N–H and O–H groups in total. The first-order valence-electron chi connectivity index (χ1n) is 7.19. The Bertz CT molecular complexity index is 777. The molecule has 0 atom stereocenters. The molecule has 2 rings (SSSR count). The molecule has 24 heavy (non-hydrogen) atoms. The topological polar surface area (TPSA) is 101 Å². The number of aryl methyl sites for hydroxylation is 1. The van der Waals surface area contributed by atoms with Gasteiger partial charge in [-0.05, 0) is 42.3 Å². The number of rotatable bonds is 6. The van der Waals surface area contributed by atoms with Crippen LogP contribution in [-0.2, 0) is 16.0 Å². The Kier molecular flexibility index (Phi) is 5.31. The molecule has 0 aliphatic heterocycles. The lowest BCUT2D eigenvalue weighted by molar-refractivity contribution is -0.136. The van der Waals surface area contributed by atoms with Gasteiger partial charge in [0.25, 0.3) is 0 Å². The fraction of sp³-hybridized carbons (Fsp3) is 0.167. The zero-order chi connectivity index (χ0) is 17.7. The van der Waals surface area contributed by atoms with E-state index in [9.17, 15) is 19.5 Å². The summed E-state index contributed by atoms with van der Waals surface area (Å²) in [5.41, 5.74) is 1.44. The smallest absolute Gasteiger partial charge is 0.337 e. The molecule has 0 fully saturated rings. The molecule has 0 radical (unpaired) electrons. The van der Waals surface area contributed by atoms with Crippen molar-refractivity contribution in [2.24, 2.45) is 0 Å². The van der Waals surface area contributed by atoms with Gasteiger partial charge in [0.1, 0.15) is 5.75 Å². The molecule has 2 aromatic rings. The van der Waals surface area contributed by atoms with E-state index in [4.69, 9.17) is 5.11 Å². The lowest BCUT2D eigenvalue weighted by atomic mass is 9.98. The van der Waals surface area contributed by atoms with Gasteiger partial charge in [-0.25, -0.2) is 4.79 Å². The summed E-state index contributed by atoms with van der Waals surface area (Å²) in [7, 11) is 1.27. The van der Waals surface area contributed by atoms with E-state index in [1.54, 1.807) is 0 Å². The van der Waals surface area contributed by atoms with Gasteiger partial charge >= 0.3 is 11.9 Å². The number of phenols is 1. The van der Waals surface area contributed by atoms with E-state index in [1.165, 1.54) is 49.6 Å². The van der Waals surface area contributed by atoms with Gasteiger partial charge in [0.2, 0.25) is 0 Å². The molecular weight excluding hydrogens is 312 g/mol. The van der Waals surface area contributed by atoms with Gasteiger partial charge in [-0.1, -0.05) is 12.1 Å². The average Bonchev–Trinajstić information content (AvgIpc) is 2.59. The number of carboxylic acids is 1. The third-order valence-electron chi connectivity index (χ3n) is 3.52. The lowest BCUT2D eigenvalue weighted by Crippen LogP contribution is -2.05. The highest BCUT2D eigenvalue weighted by atomic mass is 16.5. The Morgan fingerprint density at radius 3 is 2.12 bits per heavy atom. The molecule has 2 aromatic carbocycles. The fourth-order valence-electron chi connectivity index (χ4n) is 2.21. The summed E-state index contributed by atoms with van der Waals surface area (Å²) >= 11 is 0. The normalized spacial score (nSPS) is 10.2. The largest absolute Gasteiger partial charge is 0.508 e. The summed E-state index contributed by atoms with van der Waals surface area (Å²) in [5.74, 6) is -1.81. The van der Waals surface area contributed by atoms with Crippen molar-refractivity contribution in [2.45, 2.75) is 12.8 Å². The molecule has 0 amide bonds. The summed E-state index contributed by atoms with van der Waals surface area (Å²) in [6.07, 6.45) is -0.0113. The SMILES string of the molecule is COC(=O)c1ccc(C(=O)c2ccc(O)c(CCC(=O)O)c2)cc1. The number of hydrogen-bond donors (Lipinski definition) is 2. The number of phenolic OH excluding ortho intramolecular Hbond substituents is 1. The van der Waals surface area contributed by atoms with E-state index >= 15 is 0 Å². The molecule has 0 unspecified atom stereocenters. The molecule has 0 bridgehead atoms. The van der Waals surface area contributed by atoms with Crippen molar-refractivity contribution < 1.29 is 29.3 Å². The minimum Gasteiger partial charge on any atom is -0.508 e. The van der Waals surface area contributed by atoms with E-state index in [1.807, 2.05) is 0 Å². The fourth-order valence-corrected chi connectivity index (χ4v) is 2.21. The predicted molar refractivity (Wildman–Crippen MR) is 85.3 cm³/mol. The maximum absolute atomic E-state index is 12.5. The van der Waals surface area contributed by atoms with Crippen LogP contribution in [0.4, 0.5) is 0 Å². The molecule has 124 valence electrons. The second-order valence-corrected chi connectivity index (χ2v) is 5.14. The van der Waals surface area contributed by atoms with Crippen molar-refractivity contribution in [1.82, 2.24) is 0 Å². The van der Waals surface area contributed by atoms with E-state index in [0.717, 1.165) is 0 Å². The maximum atomic E-state index is 12.5. The van der Waals surface area contributed by atoms with E-state index in [2.05, 4.69) is 4.74 Å². The van der Waals surface area contributed by atoms with Gasteiger partial charge in [-0.2, -0.15) is 0 Å². The Morgan fingerprint density at radius 1 is 0.958 bits per heavy atom. The van der Waals surface area contributed by atoms with Crippen LogP contribution in [-0.4, -0.2) is 35.0 Å². The van der Waals surface area contributed by atoms with Crippen LogP contribution in [0.2, 0.25) is 0 Å². The van der Waals surface area contributed by atoms with Crippen LogP contribution in [0.1, 0.15) is 38.3 Å². The van der Waals surface area contributed by atoms with Crippen molar-refractivity contribution >= 4 is 17.7 Å². The molecule has 0 aliphatic carbocycles. The minimum absolute atomic E-state index is 0.0474. The lowest BCUT2D eigenvalue weighted by Gasteiger charge is -2.07. The van der Waals surface area contributed by atoms with Crippen molar-refractivity contribution in [3.8, 4) is 5.75 Å². The van der Waals surface area contributed by atoms with E-state index in [-0.39, 0.29) is 24.4 Å². The third kappa shape index (κ3) is 3.98. The number of aromatic hydroxyl groups is 1. The van der Waals surface area contributed by atoms with Gasteiger partial charge in [0.15, 0.2) is 5.78 Å². The van der Waals surface area contributed by atoms with Crippen molar-refractivity contribution in [3.63, 3.8) is 0 Å². The van der Waals surface area contributed by atoms with Gasteiger partial charge in [0, 0.05) is 17.5 Å². The van der Waals surface area contributed by atoms with E-state index < -0.39 is 11.9 Å². The van der Waals surface area contributed by atoms with Gasteiger partial charge < -0.3 is 14.9 Å². The van der Waals surface area contributed by atoms with Crippen molar-refractivity contribution in [3.05, 3.63) is 64.7 Å². The number of benzene rings is 2. The summed E-state index contributed by atoms with van der Waals surface area (Å²) in [4.78, 5) is 34.5. The number of methoxy groups -OCH3 is 1. The Labute approximate surface area is 138 Å². The zero-order valence-electron chi connectivity index (χ0n) is 13.0. The highest BCUT2D eigenvalue weighted by Gasteiger charge is 2.13. The van der Waals surface area contributed by atoms with Crippen molar-refractivity contribution in [1.29, 1.82) is 0 Å². The van der Waals surface area contributed by atoms with Gasteiger partial charge in [-0.3, -0.25) is 9.59 Å². The Hall–Kier alpha value is -3.15. The van der Waals surface area contributed by atoms with Gasteiger partial charge in [-0.15, -0.1) is 0 Å². The molecule has 0 aromatic heterocycles. The third-order valence-corrected chi connectivity index (χ3v) is 3.52. The summed E-state index contributed by atoms with van der Waals surface area (Å²) in [6.45, 7) is 0. The number of esters is 1. The number of aliphatic carboxylic acids is 1. The van der Waals surface area contributed by atoms with Gasteiger partial charge in [0.05, 0.1) is 12.7 Å². The Morgan fingerprint density at radius 2 is 1.54 bits per heavy atom. The quantitative estimate of drug-likeness (QED) is 0.624. The van der Waals surface area contributed by atoms with Crippen LogP contribution < -0.4 is 0 Å². The van der Waals surface area contributed by atoms with Crippen LogP contribution in [0.3, 0.4) is 0 Å². The molecule has 0 saturated heterocycles. The van der Waals surface area contributed by atoms with Crippen LogP contribution in [0.15, 0.2) is 42.5 Å². The first-order chi connectivity index (χ1) is 11.4. The number of carbonyl (C=O) groups excluding carboxylic acids is 2. The molecular formula is C18H16O6. The summed E-state index contributed by atoms with van der Waals surface area (Å²) in [6, 6.07) is 10.3. The molecule has 0 heterocycles. The minimum atomic E-state index is -0.982. The second-order valence-electron chi connectivity index (χ2n) is 5.14. The zero-order valence-corrected chi connectivity index (χ0v) is 13.0. The monoisotopic (exact) mass is 328 g/mol. The number of carbonyl (C=O) groups is 3. The molecule has 6 heteroatoms. The van der Waals surface area contributed by atoms with Crippen LogP contribution >= 0.6 is 0 Å². The maximum Gasteiger partial charge on any atom is 0.337 e. The second kappa shape index (κ2) is 7.41. The highest BCUT2D eigenvalue weighted by Crippen LogP contribution is 2.22.